The van der Waals surface area contributed by atoms with Crippen LogP contribution < -0.4 is 5.73 Å². The van der Waals surface area contributed by atoms with E-state index in [1.807, 2.05) is 11.9 Å². The van der Waals surface area contributed by atoms with Crippen molar-refractivity contribution in [2.75, 3.05) is 12.8 Å². The number of halogens is 2. The van der Waals surface area contributed by atoms with Crippen molar-refractivity contribution in [2.45, 2.75) is 45.1 Å². The zero-order chi connectivity index (χ0) is 15.6. The molecule has 0 radical (unpaired) electrons. The molecule has 0 heterocycles. The number of nitrogen functional groups attached to an aromatic ring is 1. The summed E-state index contributed by atoms with van der Waals surface area (Å²) < 4.78 is 0. The molecule has 116 valence electrons. The van der Waals surface area contributed by atoms with Crippen molar-refractivity contribution in [1.82, 2.24) is 4.90 Å². The summed E-state index contributed by atoms with van der Waals surface area (Å²) >= 11 is 11.9. The molecule has 2 N–H and O–H groups in total. The summed E-state index contributed by atoms with van der Waals surface area (Å²) in [6.07, 6.45) is 5.76. The Hall–Kier alpha value is -0.930. The van der Waals surface area contributed by atoms with E-state index >= 15 is 0 Å². The van der Waals surface area contributed by atoms with Gasteiger partial charge in [-0.1, -0.05) is 36.5 Å². The van der Waals surface area contributed by atoms with Crippen molar-refractivity contribution in [3.05, 3.63) is 27.7 Å². The third kappa shape index (κ3) is 3.64. The smallest absolute Gasteiger partial charge is 0.253 e. The predicted octanol–water partition coefficient (Wildman–Crippen LogP) is 4.62. The first kappa shape index (κ1) is 16.4. The maximum atomic E-state index is 12.6. The van der Waals surface area contributed by atoms with Gasteiger partial charge in [-0.15, -0.1) is 0 Å². The molecule has 0 bridgehead atoms. The molecule has 5 heteroatoms. The quantitative estimate of drug-likeness (QED) is 0.823. The Morgan fingerprint density at radius 1 is 1.29 bits per heavy atom. The second kappa shape index (κ2) is 6.89. The van der Waals surface area contributed by atoms with Gasteiger partial charge in [-0.2, -0.15) is 0 Å². The van der Waals surface area contributed by atoms with E-state index < -0.39 is 0 Å². The van der Waals surface area contributed by atoms with Crippen LogP contribution in [0.3, 0.4) is 0 Å². The van der Waals surface area contributed by atoms with Gasteiger partial charge in [0.1, 0.15) is 0 Å². The SMILES string of the molecule is CCC1CCC(N(C)C(=O)c2cc(N)c(Cl)c(Cl)c2)CC1. The Labute approximate surface area is 136 Å². The topological polar surface area (TPSA) is 46.3 Å². The molecule has 0 spiro atoms. The Bertz CT molecular complexity index is 502. The van der Waals surface area contributed by atoms with Crippen molar-refractivity contribution in [3.8, 4) is 0 Å². The van der Waals surface area contributed by atoms with Crippen molar-refractivity contribution >= 4 is 34.8 Å². The lowest BCUT2D eigenvalue weighted by molar-refractivity contribution is 0.0675. The van der Waals surface area contributed by atoms with Crippen LogP contribution in [0.2, 0.25) is 10.0 Å². The number of hydrogen-bond donors (Lipinski definition) is 1. The number of hydrogen-bond acceptors (Lipinski definition) is 2. The fourth-order valence-corrected chi connectivity index (χ4v) is 3.38. The zero-order valence-electron chi connectivity index (χ0n) is 12.5. The van der Waals surface area contributed by atoms with E-state index in [0.29, 0.717) is 27.3 Å². The molecular formula is C16H22Cl2N2O. The van der Waals surface area contributed by atoms with Crippen molar-refractivity contribution in [2.24, 2.45) is 5.92 Å². The van der Waals surface area contributed by atoms with Crippen LogP contribution >= 0.6 is 23.2 Å². The summed E-state index contributed by atoms with van der Waals surface area (Å²) in [6.45, 7) is 2.23. The number of benzene rings is 1. The predicted molar refractivity (Wildman–Crippen MR) is 89.0 cm³/mol. The highest BCUT2D eigenvalue weighted by molar-refractivity contribution is 6.43. The van der Waals surface area contributed by atoms with Gasteiger partial charge in [0, 0.05) is 18.7 Å². The summed E-state index contributed by atoms with van der Waals surface area (Å²) in [4.78, 5) is 14.4. The first-order valence-corrected chi connectivity index (χ1v) is 8.21. The van der Waals surface area contributed by atoms with Gasteiger partial charge in [0.2, 0.25) is 0 Å². The molecule has 1 fully saturated rings. The fourth-order valence-electron chi connectivity index (χ4n) is 3.04. The third-order valence-electron chi connectivity index (χ3n) is 4.57. The number of amides is 1. The Morgan fingerprint density at radius 2 is 1.90 bits per heavy atom. The van der Waals surface area contributed by atoms with Crippen molar-refractivity contribution in [3.63, 3.8) is 0 Å². The van der Waals surface area contributed by atoms with Gasteiger partial charge in [0.25, 0.3) is 5.91 Å². The van der Waals surface area contributed by atoms with Crippen LogP contribution in [0.15, 0.2) is 12.1 Å². The molecule has 0 saturated heterocycles. The average molecular weight is 329 g/mol. The maximum absolute atomic E-state index is 12.6. The molecule has 0 atom stereocenters. The highest BCUT2D eigenvalue weighted by Gasteiger charge is 2.26. The van der Waals surface area contributed by atoms with E-state index in [1.54, 1.807) is 12.1 Å². The van der Waals surface area contributed by atoms with E-state index in [-0.39, 0.29) is 5.91 Å². The zero-order valence-corrected chi connectivity index (χ0v) is 14.0. The molecule has 1 saturated carbocycles. The minimum absolute atomic E-state index is 0.0415. The van der Waals surface area contributed by atoms with Gasteiger partial charge in [-0.05, 0) is 43.7 Å². The third-order valence-corrected chi connectivity index (χ3v) is 5.38. The lowest BCUT2D eigenvalue weighted by atomic mass is 9.84. The Kier molecular flexibility index (Phi) is 5.39. The molecule has 3 nitrogen and oxygen atoms in total. The number of nitrogens with zero attached hydrogens (tertiary/aromatic N) is 1. The number of rotatable bonds is 3. The molecule has 0 aliphatic heterocycles. The molecule has 1 aromatic carbocycles. The summed E-state index contributed by atoms with van der Waals surface area (Å²) in [7, 11) is 1.86. The number of carbonyl (C=O) groups is 1. The first-order valence-electron chi connectivity index (χ1n) is 7.45. The minimum Gasteiger partial charge on any atom is -0.397 e. The average Bonchev–Trinajstić information content (AvgIpc) is 2.50. The summed E-state index contributed by atoms with van der Waals surface area (Å²) in [5, 5.41) is 0.627. The molecule has 0 aromatic heterocycles. The van der Waals surface area contributed by atoms with Gasteiger partial charge >= 0.3 is 0 Å². The van der Waals surface area contributed by atoms with E-state index in [1.165, 1.54) is 19.3 Å². The van der Waals surface area contributed by atoms with Crippen LogP contribution in [0.5, 0.6) is 0 Å². The Balaban J connectivity index is 2.09. The molecule has 2 rings (SSSR count). The number of carbonyl (C=O) groups excluding carboxylic acids is 1. The highest BCUT2D eigenvalue weighted by Crippen LogP contribution is 2.32. The number of nitrogens with two attached hydrogens (primary N) is 1. The van der Waals surface area contributed by atoms with Gasteiger partial charge < -0.3 is 10.6 Å². The van der Waals surface area contributed by atoms with Crippen molar-refractivity contribution in [1.29, 1.82) is 0 Å². The van der Waals surface area contributed by atoms with E-state index in [9.17, 15) is 4.79 Å². The first-order chi connectivity index (χ1) is 9.93. The van der Waals surface area contributed by atoms with Crippen molar-refractivity contribution < 1.29 is 4.79 Å². The van der Waals surface area contributed by atoms with Crippen LogP contribution in [0.25, 0.3) is 0 Å². The van der Waals surface area contributed by atoms with Gasteiger partial charge in [0.05, 0.1) is 15.7 Å². The van der Waals surface area contributed by atoms with Crippen LogP contribution in [0, 0.1) is 5.92 Å². The minimum atomic E-state index is -0.0415. The van der Waals surface area contributed by atoms with E-state index in [0.717, 1.165) is 18.8 Å². The number of anilines is 1. The van der Waals surface area contributed by atoms with Gasteiger partial charge in [-0.3, -0.25) is 4.79 Å². The molecule has 1 aliphatic rings. The highest BCUT2D eigenvalue weighted by atomic mass is 35.5. The summed E-state index contributed by atoms with van der Waals surface area (Å²) in [5.41, 5.74) is 6.63. The second-order valence-electron chi connectivity index (χ2n) is 5.86. The summed E-state index contributed by atoms with van der Waals surface area (Å²) in [6, 6.07) is 3.50. The van der Waals surface area contributed by atoms with E-state index in [2.05, 4.69) is 6.92 Å². The maximum Gasteiger partial charge on any atom is 0.253 e. The Morgan fingerprint density at radius 3 is 2.43 bits per heavy atom. The lowest BCUT2D eigenvalue weighted by Gasteiger charge is -2.34. The summed E-state index contributed by atoms with van der Waals surface area (Å²) in [5.74, 6) is 0.769. The van der Waals surface area contributed by atoms with Gasteiger partial charge in [0.15, 0.2) is 0 Å². The molecule has 1 aliphatic carbocycles. The molecule has 1 amide bonds. The van der Waals surface area contributed by atoms with Gasteiger partial charge in [-0.25, -0.2) is 0 Å². The monoisotopic (exact) mass is 328 g/mol. The van der Waals surface area contributed by atoms with Crippen LogP contribution in [0.4, 0.5) is 5.69 Å². The molecule has 21 heavy (non-hydrogen) atoms. The second-order valence-corrected chi connectivity index (χ2v) is 6.65. The lowest BCUT2D eigenvalue weighted by Crippen LogP contribution is -2.39. The molecule has 1 aromatic rings. The molecule has 0 unspecified atom stereocenters. The van der Waals surface area contributed by atoms with Crippen LogP contribution in [-0.2, 0) is 0 Å². The fraction of sp³-hybridized carbons (Fsp3) is 0.562. The normalized spacial score (nSPS) is 22.1. The van der Waals surface area contributed by atoms with Crippen LogP contribution in [-0.4, -0.2) is 23.9 Å². The standard InChI is InChI=1S/C16H22Cl2N2O/c1-3-10-4-6-12(7-5-10)20(2)16(21)11-8-13(17)15(18)14(19)9-11/h8-10,12H,3-7,19H2,1-2H3. The molecular weight excluding hydrogens is 307 g/mol. The van der Waals surface area contributed by atoms with E-state index in [4.69, 9.17) is 28.9 Å². The van der Waals surface area contributed by atoms with Crippen LogP contribution in [0.1, 0.15) is 49.4 Å². The largest absolute Gasteiger partial charge is 0.397 e.